The molecule has 1 aliphatic rings. The molecule has 0 unspecified atom stereocenters. The number of aliphatic hydroxyl groups excluding tert-OH is 1. The first-order chi connectivity index (χ1) is 9.76. The predicted molar refractivity (Wildman–Crippen MR) is 69.2 cm³/mol. The van der Waals surface area contributed by atoms with Gasteiger partial charge in [-0.3, -0.25) is 0 Å². The SMILES string of the molecule is OCc1cc2c(cc1OCc1cccc(F)c1)OCO2. The first-order valence-corrected chi connectivity index (χ1v) is 6.17. The van der Waals surface area contributed by atoms with Crippen LogP contribution in [0.1, 0.15) is 11.1 Å². The minimum Gasteiger partial charge on any atom is -0.488 e. The van der Waals surface area contributed by atoms with Gasteiger partial charge in [0.25, 0.3) is 0 Å². The van der Waals surface area contributed by atoms with E-state index in [1.165, 1.54) is 12.1 Å². The molecule has 0 spiro atoms. The molecule has 0 radical (unpaired) electrons. The zero-order valence-corrected chi connectivity index (χ0v) is 10.6. The van der Waals surface area contributed by atoms with Crippen LogP contribution in [0.5, 0.6) is 17.2 Å². The number of halogens is 1. The largest absolute Gasteiger partial charge is 0.488 e. The fourth-order valence-electron chi connectivity index (χ4n) is 2.01. The summed E-state index contributed by atoms with van der Waals surface area (Å²) in [6, 6.07) is 9.54. The van der Waals surface area contributed by atoms with E-state index in [4.69, 9.17) is 14.2 Å². The fourth-order valence-corrected chi connectivity index (χ4v) is 2.01. The van der Waals surface area contributed by atoms with Crippen molar-refractivity contribution in [3.63, 3.8) is 0 Å². The van der Waals surface area contributed by atoms with Crippen molar-refractivity contribution in [1.29, 1.82) is 0 Å². The summed E-state index contributed by atoms with van der Waals surface area (Å²) in [6.45, 7) is 0.201. The zero-order chi connectivity index (χ0) is 13.9. The molecule has 1 aliphatic heterocycles. The van der Waals surface area contributed by atoms with Gasteiger partial charge in [0, 0.05) is 11.6 Å². The van der Waals surface area contributed by atoms with Crippen LogP contribution in [0.3, 0.4) is 0 Å². The predicted octanol–water partition coefficient (Wildman–Crippen LogP) is 2.63. The molecule has 20 heavy (non-hydrogen) atoms. The molecule has 2 aromatic carbocycles. The second-order valence-electron chi connectivity index (χ2n) is 4.39. The van der Waals surface area contributed by atoms with Crippen LogP contribution in [0.2, 0.25) is 0 Å². The lowest BCUT2D eigenvalue weighted by molar-refractivity contribution is 0.173. The van der Waals surface area contributed by atoms with E-state index in [9.17, 15) is 9.50 Å². The Labute approximate surface area is 115 Å². The third-order valence-corrected chi connectivity index (χ3v) is 3.01. The van der Waals surface area contributed by atoms with Gasteiger partial charge in [-0.25, -0.2) is 4.39 Å². The van der Waals surface area contributed by atoms with Gasteiger partial charge in [-0.1, -0.05) is 12.1 Å². The highest BCUT2D eigenvalue weighted by atomic mass is 19.1. The Balaban J connectivity index is 1.80. The van der Waals surface area contributed by atoms with Gasteiger partial charge in [-0.05, 0) is 23.8 Å². The van der Waals surface area contributed by atoms with Crippen molar-refractivity contribution in [3.8, 4) is 17.2 Å². The lowest BCUT2D eigenvalue weighted by Crippen LogP contribution is -1.99. The summed E-state index contributed by atoms with van der Waals surface area (Å²) in [5, 5.41) is 9.35. The highest BCUT2D eigenvalue weighted by Crippen LogP contribution is 2.38. The number of fused-ring (bicyclic) bond motifs is 1. The number of aliphatic hydroxyl groups is 1. The van der Waals surface area contributed by atoms with E-state index in [0.29, 0.717) is 28.4 Å². The Morgan fingerprint density at radius 3 is 2.70 bits per heavy atom. The van der Waals surface area contributed by atoms with E-state index >= 15 is 0 Å². The van der Waals surface area contributed by atoms with Gasteiger partial charge in [0.15, 0.2) is 11.5 Å². The Hall–Kier alpha value is -2.27. The van der Waals surface area contributed by atoms with Gasteiger partial charge in [0.05, 0.1) is 6.61 Å². The molecule has 3 rings (SSSR count). The zero-order valence-electron chi connectivity index (χ0n) is 10.6. The summed E-state index contributed by atoms with van der Waals surface area (Å²) in [5.41, 5.74) is 1.32. The van der Waals surface area contributed by atoms with Crippen molar-refractivity contribution in [2.24, 2.45) is 0 Å². The van der Waals surface area contributed by atoms with Crippen molar-refractivity contribution in [2.75, 3.05) is 6.79 Å². The number of benzene rings is 2. The van der Waals surface area contributed by atoms with E-state index in [1.807, 2.05) is 0 Å². The molecule has 0 saturated heterocycles. The molecule has 1 N–H and O–H groups in total. The molecule has 0 amide bonds. The molecule has 0 saturated carbocycles. The van der Waals surface area contributed by atoms with Crippen molar-refractivity contribution in [1.82, 2.24) is 0 Å². The van der Waals surface area contributed by atoms with Crippen LogP contribution in [-0.2, 0) is 13.2 Å². The van der Waals surface area contributed by atoms with Gasteiger partial charge >= 0.3 is 0 Å². The van der Waals surface area contributed by atoms with E-state index < -0.39 is 0 Å². The Morgan fingerprint density at radius 2 is 1.95 bits per heavy atom. The molecular formula is C15H13FO4. The number of ether oxygens (including phenoxy) is 3. The maximum atomic E-state index is 13.1. The van der Waals surface area contributed by atoms with Crippen molar-refractivity contribution in [2.45, 2.75) is 13.2 Å². The molecule has 2 aromatic rings. The summed E-state index contributed by atoms with van der Waals surface area (Å²) >= 11 is 0. The Morgan fingerprint density at radius 1 is 1.15 bits per heavy atom. The van der Waals surface area contributed by atoms with E-state index in [-0.39, 0.29) is 25.8 Å². The van der Waals surface area contributed by atoms with Crippen LogP contribution in [0.25, 0.3) is 0 Å². The summed E-state index contributed by atoms with van der Waals surface area (Å²) in [6.07, 6.45) is 0. The molecule has 0 bridgehead atoms. The minimum atomic E-state index is -0.306. The van der Waals surface area contributed by atoms with Crippen LogP contribution >= 0.6 is 0 Å². The summed E-state index contributed by atoms with van der Waals surface area (Å²) in [5.74, 6) is 1.36. The lowest BCUT2D eigenvalue weighted by Gasteiger charge is -2.11. The Bertz CT molecular complexity index is 627. The third-order valence-electron chi connectivity index (χ3n) is 3.01. The third kappa shape index (κ3) is 2.53. The van der Waals surface area contributed by atoms with Crippen LogP contribution < -0.4 is 14.2 Å². The van der Waals surface area contributed by atoms with Crippen LogP contribution in [0.4, 0.5) is 4.39 Å². The van der Waals surface area contributed by atoms with Gasteiger partial charge in [0.1, 0.15) is 18.2 Å². The van der Waals surface area contributed by atoms with Crippen LogP contribution in [0.15, 0.2) is 36.4 Å². The molecule has 1 heterocycles. The first kappa shape index (κ1) is 12.7. The van der Waals surface area contributed by atoms with Gasteiger partial charge in [-0.15, -0.1) is 0 Å². The summed E-state index contributed by atoms with van der Waals surface area (Å²) in [7, 11) is 0. The molecule has 0 aromatic heterocycles. The van der Waals surface area contributed by atoms with Crippen molar-refractivity contribution in [3.05, 3.63) is 53.3 Å². The average molecular weight is 276 g/mol. The van der Waals surface area contributed by atoms with Crippen LogP contribution in [-0.4, -0.2) is 11.9 Å². The molecule has 0 fully saturated rings. The fraction of sp³-hybridized carbons (Fsp3) is 0.200. The van der Waals surface area contributed by atoms with Crippen molar-refractivity contribution >= 4 is 0 Å². The maximum Gasteiger partial charge on any atom is 0.231 e. The van der Waals surface area contributed by atoms with E-state index in [1.54, 1.807) is 24.3 Å². The second-order valence-corrected chi connectivity index (χ2v) is 4.39. The highest BCUT2D eigenvalue weighted by Gasteiger charge is 2.17. The quantitative estimate of drug-likeness (QED) is 0.932. The van der Waals surface area contributed by atoms with E-state index in [0.717, 1.165) is 0 Å². The van der Waals surface area contributed by atoms with Gasteiger partial charge < -0.3 is 19.3 Å². The standard InChI is InChI=1S/C15H13FO4/c16-12-3-1-2-10(4-12)8-18-13-6-15-14(19-9-20-15)5-11(13)7-17/h1-6,17H,7-9H2. The number of hydrogen-bond donors (Lipinski definition) is 1. The number of hydrogen-bond acceptors (Lipinski definition) is 4. The number of rotatable bonds is 4. The molecule has 104 valence electrons. The van der Waals surface area contributed by atoms with Crippen LogP contribution in [0, 0.1) is 5.82 Å². The average Bonchev–Trinajstić information content (AvgIpc) is 2.91. The van der Waals surface area contributed by atoms with Crippen molar-refractivity contribution < 1.29 is 23.7 Å². The summed E-state index contributed by atoms with van der Waals surface area (Å²) < 4.78 is 29.2. The van der Waals surface area contributed by atoms with Gasteiger partial charge in [-0.2, -0.15) is 0 Å². The lowest BCUT2D eigenvalue weighted by atomic mass is 10.2. The second kappa shape index (κ2) is 5.38. The Kier molecular flexibility index (Phi) is 3.43. The highest BCUT2D eigenvalue weighted by molar-refractivity contribution is 5.51. The van der Waals surface area contributed by atoms with E-state index in [2.05, 4.69) is 0 Å². The summed E-state index contributed by atoms with van der Waals surface area (Å²) in [4.78, 5) is 0. The molecule has 5 heteroatoms. The topological polar surface area (TPSA) is 47.9 Å². The minimum absolute atomic E-state index is 0.160. The maximum absolute atomic E-state index is 13.1. The molecular weight excluding hydrogens is 263 g/mol. The molecule has 4 nitrogen and oxygen atoms in total. The monoisotopic (exact) mass is 276 g/mol. The van der Waals surface area contributed by atoms with Gasteiger partial charge in [0.2, 0.25) is 6.79 Å². The smallest absolute Gasteiger partial charge is 0.231 e. The normalized spacial score (nSPS) is 12.5. The molecule has 0 atom stereocenters. The first-order valence-electron chi connectivity index (χ1n) is 6.17. The molecule has 0 aliphatic carbocycles.